The molecule has 0 amide bonds. The normalized spacial score (nSPS) is 11.6. The number of rotatable bonds is 8. The fourth-order valence-electron chi connectivity index (χ4n) is 10.3. The van der Waals surface area contributed by atoms with Crippen LogP contribution in [0.25, 0.3) is 123 Å². The largest absolute Gasteiger partial charge is 0.309 e. The second-order valence-electron chi connectivity index (χ2n) is 18.2. The molecule has 0 aliphatic carbocycles. The fourth-order valence-corrected chi connectivity index (χ4v) is 10.3. The lowest BCUT2D eigenvalue weighted by atomic mass is 9.99. The van der Waals surface area contributed by atoms with Crippen molar-refractivity contribution in [2.45, 2.75) is 13.8 Å². The first-order valence-corrected chi connectivity index (χ1v) is 23.8. The van der Waals surface area contributed by atoms with Crippen LogP contribution in [-0.2, 0) is 0 Å². The maximum atomic E-state index is 5.38. The van der Waals surface area contributed by atoms with Crippen LogP contribution in [0.5, 0.6) is 0 Å². The third-order valence-electron chi connectivity index (χ3n) is 13.7. The number of fused-ring (bicyclic) bond motifs is 6. The third kappa shape index (κ3) is 7.15. The maximum Gasteiger partial charge on any atom is 0.166 e. The van der Waals surface area contributed by atoms with Gasteiger partial charge in [0, 0.05) is 43.9 Å². The summed E-state index contributed by atoms with van der Waals surface area (Å²) in [6, 6.07) is 84.8. The van der Waals surface area contributed by atoms with E-state index in [2.05, 4.69) is 223 Å². The molecule has 13 aromatic rings. The Hall–Kier alpha value is -9.19. The van der Waals surface area contributed by atoms with Crippen molar-refractivity contribution in [1.82, 2.24) is 24.1 Å². The lowest BCUT2D eigenvalue weighted by Gasteiger charge is -2.17. The molecular weight excluding hydrogens is 851 g/mol. The van der Waals surface area contributed by atoms with Crippen molar-refractivity contribution in [3.63, 3.8) is 0 Å². The van der Waals surface area contributed by atoms with E-state index < -0.39 is 0 Å². The minimum absolute atomic E-state index is 0.592. The standard InChI is InChI=1S/C65H45N5/c1-42-16-14-22-46(36-42)48-29-33-60-55(39-48)56-40-49(47-23-15-17-43(2)37-47)30-34-61(56)70(60)62-35-31-51(50-28-32-59-54(38-50)53-26-12-13-27-58(53)69(59)52-24-10-5-11-25-52)41-57(62)65-67-63(44-18-6-3-7-19-44)66-64(68-65)45-20-8-4-9-21-45/h3-41H,1-2H3. The predicted molar refractivity (Wildman–Crippen MR) is 291 cm³/mol. The smallest absolute Gasteiger partial charge is 0.166 e. The molecule has 0 saturated carbocycles. The SMILES string of the molecule is Cc1cccc(-c2ccc3c(c2)c2cc(-c4cccc(C)c4)ccc2n3-c2ccc(-c3ccc4c(c3)c3ccccc3n4-c3ccccc3)cc2-c2nc(-c3ccccc3)nc(-c3ccccc3)n2)c1. The van der Waals surface area contributed by atoms with Crippen LogP contribution >= 0.6 is 0 Å². The molecule has 0 aliphatic heterocycles. The van der Waals surface area contributed by atoms with E-state index in [1.807, 2.05) is 36.4 Å². The number of hydrogen-bond donors (Lipinski definition) is 0. The minimum atomic E-state index is 0.592. The zero-order chi connectivity index (χ0) is 46.7. The monoisotopic (exact) mass is 895 g/mol. The molecule has 0 saturated heterocycles. The molecule has 5 nitrogen and oxygen atoms in total. The summed E-state index contributed by atoms with van der Waals surface area (Å²) in [6.45, 7) is 4.31. The molecule has 0 atom stereocenters. The summed E-state index contributed by atoms with van der Waals surface area (Å²) in [6.07, 6.45) is 0. The Morgan fingerprint density at radius 1 is 0.271 bits per heavy atom. The van der Waals surface area contributed by atoms with E-state index in [0.29, 0.717) is 17.5 Å². The van der Waals surface area contributed by atoms with Gasteiger partial charge in [0.25, 0.3) is 0 Å². The van der Waals surface area contributed by atoms with E-state index >= 15 is 0 Å². The van der Waals surface area contributed by atoms with E-state index in [1.54, 1.807) is 0 Å². The van der Waals surface area contributed by atoms with Crippen LogP contribution in [0.15, 0.2) is 237 Å². The summed E-state index contributed by atoms with van der Waals surface area (Å²) >= 11 is 0. The van der Waals surface area contributed by atoms with Gasteiger partial charge in [0.2, 0.25) is 0 Å². The summed E-state index contributed by atoms with van der Waals surface area (Å²) in [5, 5.41) is 4.74. The predicted octanol–water partition coefficient (Wildman–Crippen LogP) is 16.7. The van der Waals surface area contributed by atoms with Crippen molar-refractivity contribution in [2.24, 2.45) is 0 Å². The topological polar surface area (TPSA) is 48.5 Å². The molecule has 0 unspecified atom stereocenters. The molecule has 330 valence electrons. The zero-order valence-corrected chi connectivity index (χ0v) is 38.8. The van der Waals surface area contributed by atoms with Gasteiger partial charge in [-0.05, 0) is 114 Å². The Bertz CT molecular complexity index is 3970. The van der Waals surface area contributed by atoms with Gasteiger partial charge in [-0.1, -0.05) is 181 Å². The third-order valence-corrected chi connectivity index (χ3v) is 13.7. The zero-order valence-electron chi connectivity index (χ0n) is 38.8. The van der Waals surface area contributed by atoms with Crippen LogP contribution in [0.2, 0.25) is 0 Å². The van der Waals surface area contributed by atoms with E-state index in [-0.39, 0.29) is 0 Å². The number of hydrogen-bond acceptors (Lipinski definition) is 3. The van der Waals surface area contributed by atoms with E-state index in [0.717, 1.165) is 55.7 Å². The first kappa shape index (κ1) is 41.0. The molecular formula is C65H45N5. The van der Waals surface area contributed by atoms with E-state index in [9.17, 15) is 0 Å². The van der Waals surface area contributed by atoms with Crippen LogP contribution < -0.4 is 0 Å². The molecule has 3 heterocycles. The summed E-state index contributed by atoms with van der Waals surface area (Å²) in [5.41, 5.74) is 18.7. The average molecular weight is 896 g/mol. The van der Waals surface area contributed by atoms with Crippen LogP contribution in [0.4, 0.5) is 0 Å². The Morgan fingerprint density at radius 3 is 1.21 bits per heavy atom. The van der Waals surface area contributed by atoms with Crippen LogP contribution in [0, 0.1) is 13.8 Å². The Kier molecular flexibility index (Phi) is 9.88. The number of aryl methyl sites for hydroxylation is 2. The van der Waals surface area contributed by atoms with E-state index in [1.165, 1.54) is 60.4 Å². The van der Waals surface area contributed by atoms with Crippen LogP contribution in [0.1, 0.15) is 11.1 Å². The maximum absolute atomic E-state index is 5.38. The molecule has 0 fully saturated rings. The molecule has 3 aromatic heterocycles. The van der Waals surface area contributed by atoms with Gasteiger partial charge in [-0.25, -0.2) is 15.0 Å². The number of para-hydroxylation sites is 2. The van der Waals surface area contributed by atoms with Gasteiger partial charge < -0.3 is 9.13 Å². The molecule has 13 rings (SSSR count). The molecule has 5 heteroatoms. The summed E-state index contributed by atoms with van der Waals surface area (Å²) in [7, 11) is 0. The van der Waals surface area contributed by atoms with Crippen LogP contribution in [0.3, 0.4) is 0 Å². The number of nitrogens with zero attached hydrogens (tertiary/aromatic N) is 5. The van der Waals surface area contributed by atoms with E-state index in [4.69, 9.17) is 15.0 Å². The molecule has 0 spiro atoms. The van der Waals surface area contributed by atoms with Crippen molar-refractivity contribution >= 4 is 43.6 Å². The van der Waals surface area contributed by atoms with Gasteiger partial charge in [-0.15, -0.1) is 0 Å². The molecule has 0 N–H and O–H groups in total. The second-order valence-corrected chi connectivity index (χ2v) is 18.2. The molecule has 10 aromatic carbocycles. The van der Waals surface area contributed by atoms with Gasteiger partial charge >= 0.3 is 0 Å². The molecule has 0 aliphatic rings. The van der Waals surface area contributed by atoms with Crippen molar-refractivity contribution in [2.75, 3.05) is 0 Å². The van der Waals surface area contributed by atoms with Gasteiger partial charge in [0.15, 0.2) is 17.5 Å². The van der Waals surface area contributed by atoms with Gasteiger partial charge in [-0.2, -0.15) is 0 Å². The van der Waals surface area contributed by atoms with Gasteiger partial charge in [0.1, 0.15) is 0 Å². The van der Waals surface area contributed by atoms with Crippen molar-refractivity contribution < 1.29 is 0 Å². The Labute approximate surface area is 406 Å². The first-order valence-electron chi connectivity index (χ1n) is 23.8. The lowest BCUT2D eigenvalue weighted by molar-refractivity contribution is 1.06. The summed E-state index contributed by atoms with van der Waals surface area (Å²) in [5.74, 6) is 1.82. The van der Waals surface area contributed by atoms with Crippen LogP contribution in [-0.4, -0.2) is 24.1 Å². The van der Waals surface area contributed by atoms with Gasteiger partial charge in [-0.3, -0.25) is 0 Å². The number of aromatic nitrogens is 5. The highest BCUT2D eigenvalue weighted by atomic mass is 15.1. The number of benzene rings is 10. The minimum Gasteiger partial charge on any atom is -0.309 e. The lowest BCUT2D eigenvalue weighted by Crippen LogP contribution is -2.04. The van der Waals surface area contributed by atoms with Crippen molar-refractivity contribution in [3.05, 3.63) is 248 Å². The second kappa shape index (κ2) is 16.8. The highest BCUT2D eigenvalue weighted by Gasteiger charge is 2.22. The molecule has 0 radical (unpaired) electrons. The fraction of sp³-hybridized carbons (Fsp3) is 0.0308. The molecule has 70 heavy (non-hydrogen) atoms. The van der Waals surface area contributed by atoms with Crippen molar-refractivity contribution in [1.29, 1.82) is 0 Å². The summed E-state index contributed by atoms with van der Waals surface area (Å²) < 4.78 is 4.77. The Morgan fingerprint density at radius 2 is 0.671 bits per heavy atom. The van der Waals surface area contributed by atoms with Gasteiger partial charge in [0.05, 0.1) is 27.8 Å². The highest BCUT2D eigenvalue weighted by molar-refractivity contribution is 6.13. The highest BCUT2D eigenvalue weighted by Crippen LogP contribution is 2.42. The van der Waals surface area contributed by atoms with Crippen molar-refractivity contribution in [3.8, 4) is 78.9 Å². The summed E-state index contributed by atoms with van der Waals surface area (Å²) in [4.78, 5) is 15.9. The molecule has 0 bridgehead atoms. The Balaban J connectivity index is 1.09. The first-order chi connectivity index (χ1) is 34.5. The average Bonchev–Trinajstić information content (AvgIpc) is 3.93. The quantitative estimate of drug-likeness (QED) is 0.153.